The van der Waals surface area contributed by atoms with Crippen molar-refractivity contribution in [3.8, 4) is 0 Å². The number of nitrogens with zero attached hydrogens (tertiary/aromatic N) is 2. The van der Waals surface area contributed by atoms with Gasteiger partial charge in [0.05, 0.1) is 16.6 Å². The van der Waals surface area contributed by atoms with Gasteiger partial charge in [-0.15, -0.1) is 11.3 Å². The Morgan fingerprint density at radius 3 is 2.43 bits per heavy atom. The van der Waals surface area contributed by atoms with Crippen molar-refractivity contribution in [2.45, 2.75) is 20.4 Å². The van der Waals surface area contributed by atoms with Crippen LogP contribution in [0.2, 0.25) is 10.0 Å². The molecular weight excluding hydrogens is 332 g/mol. The largest absolute Gasteiger partial charge is 0.380 e. The number of anilines is 2. The van der Waals surface area contributed by atoms with E-state index >= 15 is 0 Å². The van der Waals surface area contributed by atoms with Gasteiger partial charge in [-0.05, 0) is 26.0 Å². The molecule has 0 atom stereocenters. The highest BCUT2D eigenvalue weighted by Crippen LogP contribution is 2.28. The van der Waals surface area contributed by atoms with Crippen molar-refractivity contribution in [2.24, 2.45) is 0 Å². The van der Waals surface area contributed by atoms with E-state index in [2.05, 4.69) is 29.0 Å². The van der Waals surface area contributed by atoms with Crippen LogP contribution in [0.3, 0.4) is 0 Å². The van der Waals surface area contributed by atoms with Crippen LogP contribution in [0.15, 0.2) is 18.3 Å². The van der Waals surface area contributed by atoms with Crippen LogP contribution < -0.4 is 10.2 Å². The molecule has 0 aliphatic heterocycles. The number of benzene rings is 1. The molecule has 0 bridgehead atoms. The summed E-state index contributed by atoms with van der Waals surface area (Å²) in [5.41, 5.74) is 0.684. The molecule has 2 aromatic rings. The molecule has 7 heteroatoms. The maximum atomic E-state index is 13.3. The first kappa shape index (κ1) is 16.3. The number of rotatable bonds is 6. The third-order valence-electron chi connectivity index (χ3n) is 3.03. The second kappa shape index (κ2) is 7.29. The summed E-state index contributed by atoms with van der Waals surface area (Å²) in [4.78, 5) is 7.70. The van der Waals surface area contributed by atoms with Crippen LogP contribution in [0.25, 0.3) is 0 Å². The molecule has 2 rings (SSSR count). The highest BCUT2D eigenvalue weighted by molar-refractivity contribution is 7.15. The van der Waals surface area contributed by atoms with Crippen LogP contribution in [0.5, 0.6) is 0 Å². The number of hydrogen-bond donors (Lipinski definition) is 1. The maximum absolute atomic E-state index is 13.3. The minimum atomic E-state index is -0.592. The lowest BCUT2D eigenvalue weighted by Crippen LogP contribution is -2.21. The number of thiazole rings is 1. The van der Waals surface area contributed by atoms with Crippen LogP contribution >= 0.6 is 34.5 Å². The Hall–Kier alpha value is -1.04. The highest BCUT2D eigenvalue weighted by Gasteiger charge is 2.09. The fourth-order valence-electron chi connectivity index (χ4n) is 1.87. The summed E-state index contributed by atoms with van der Waals surface area (Å²) >= 11 is 13.2. The monoisotopic (exact) mass is 347 g/mol. The molecule has 114 valence electrons. The average Bonchev–Trinajstić information content (AvgIpc) is 2.92. The average molecular weight is 348 g/mol. The first-order valence-electron chi connectivity index (χ1n) is 6.63. The van der Waals surface area contributed by atoms with Crippen molar-refractivity contribution in [1.82, 2.24) is 4.98 Å². The number of hydrogen-bond acceptors (Lipinski definition) is 4. The van der Waals surface area contributed by atoms with Gasteiger partial charge in [-0.1, -0.05) is 23.2 Å². The zero-order chi connectivity index (χ0) is 15.4. The van der Waals surface area contributed by atoms with Crippen LogP contribution in [-0.2, 0) is 6.54 Å². The standard InChI is InChI=1S/C14H16Cl2FN3S/c1-3-20(4-2)14-19-8-10(21-14)7-18-9-5-11(15)13(17)12(16)6-9/h5-6,8,18H,3-4,7H2,1-2H3. The summed E-state index contributed by atoms with van der Waals surface area (Å²) in [6.45, 7) is 6.66. The van der Waals surface area contributed by atoms with Crippen LogP contribution in [-0.4, -0.2) is 18.1 Å². The predicted octanol–water partition coefficient (Wildman–Crippen LogP) is 5.05. The zero-order valence-corrected chi connectivity index (χ0v) is 14.1. The Bertz CT molecular complexity index is 591. The van der Waals surface area contributed by atoms with Crippen LogP contribution in [0, 0.1) is 5.82 Å². The van der Waals surface area contributed by atoms with Crippen LogP contribution in [0.1, 0.15) is 18.7 Å². The lowest BCUT2D eigenvalue weighted by atomic mass is 10.3. The minimum Gasteiger partial charge on any atom is -0.380 e. The summed E-state index contributed by atoms with van der Waals surface area (Å²) < 4.78 is 13.3. The Kier molecular flexibility index (Phi) is 5.67. The third kappa shape index (κ3) is 3.99. The summed E-state index contributed by atoms with van der Waals surface area (Å²) in [5, 5.41) is 4.21. The molecule has 0 fully saturated rings. The van der Waals surface area contributed by atoms with E-state index in [-0.39, 0.29) is 10.0 Å². The first-order chi connectivity index (χ1) is 10.0. The second-order valence-corrected chi connectivity index (χ2v) is 6.30. The number of nitrogens with one attached hydrogen (secondary N) is 1. The lowest BCUT2D eigenvalue weighted by Gasteiger charge is -2.16. The Labute approximate surface area is 137 Å². The minimum absolute atomic E-state index is 0.0122. The summed E-state index contributed by atoms with van der Waals surface area (Å²) in [7, 11) is 0. The van der Waals surface area contributed by atoms with Gasteiger partial charge in [0.2, 0.25) is 0 Å². The van der Waals surface area contributed by atoms with E-state index in [1.54, 1.807) is 11.3 Å². The second-order valence-electron chi connectivity index (χ2n) is 4.39. The fourth-order valence-corrected chi connectivity index (χ4v) is 3.33. The van der Waals surface area contributed by atoms with Crippen molar-refractivity contribution in [3.63, 3.8) is 0 Å². The van der Waals surface area contributed by atoms with Gasteiger partial charge in [-0.3, -0.25) is 0 Å². The van der Waals surface area contributed by atoms with Crippen molar-refractivity contribution >= 4 is 45.4 Å². The molecule has 0 amide bonds. The van der Waals surface area contributed by atoms with Gasteiger partial charge < -0.3 is 10.2 Å². The Morgan fingerprint density at radius 1 is 1.24 bits per heavy atom. The Balaban J connectivity index is 2.03. The molecule has 0 saturated heterocycles. The van der Waals surface area contributed by atoms with Gasteiger partial charge in [0.1, 0.15) is 0 Å². The van der Waals surface area contributed by atoms with E-state index in [1.165, 1.54) is 12.1 Å². The van der Waals surface area contributed by atoms with Crippen molar-refractivity contribution < 1.29 is 4.39 Å². The van der Waals surface area contributed by atoms with Crippen molar-refractivity contribution in [2.75, 3.05) is 23.3 Å². The van der Waals surface area contributed by atoms with Gasteiger partial charge in [0.15, 0.2) is 10.9 Å². The van der Waals surface area contributed by atoms with E-state index in [0.29, 0.717) is 12.2 Å². The molecular formula is C14H16Cl2FN3S. The quantitative estimate of drug-likeness (QED) is 0.741. The molecule has 0 unspecified atom stereocenters. The SMILES string of the molecule is CCN(CC)c1ncc(CNc2cc(Cl)c(F)c(Cl)c2)s1. The van der Waals surface area contributed by atoms with Crippen LogP contribution in [0.4, 0.5) is 15.2 Å². The molecule has 1 N–H and O–H groups in total. The van der Waals surface area contributed by atoms with Crippen molar-refractivity contribution in [1.29, 1.82) is 0 Å². The summed E-state index contributed by atoms with van der Waals surface area (Å²) in [6, 6.07) is 3.05. The molecule has 1 heterocycles. The van der Waals surface area contributed by atoms with E-state index in [0.717, 1.165) is 23.1 Å². The van der Waals surface area contributed by atoms with E-state index in [9.17, 15) is 4.39 Å². The fraction of sp³-hybridized carbons (Fsp3) is 0.357. The lowest BCUT2D eigenvalue weighted by molar-refractivity contribution is 0.629. The molecule has 1 aromatic carbocycles. The normalized spacial score (nSPS) is 10.7. The van der Waals surface area contributed by atoms with Gasteiger partial charge in [-0.2, -0.15) is 0 Å². The number of halogens is 3. The maximum Gasteiger partial charge on any atom is 0.185 e. The third-order valence-corrected chi connectivity index (χ3v) is 4.63. The molecule has 0 aliphatic rings. The molecule has 1 aromatic heterocycles. The molecule has 0 radical (unpaired) electrons. The molecule has 0 spiro atoms. The van der Waals surface area contributed by atoms with Gasteiger partial charge >= 0.3 is 0 Å². The molecule has 0 aliphatic carbocycles. The molecule has 3 nitrogen and oxygen atoms in total. The van der Waals surface area contributed by atoms with E-state index in [4.69, 9.17) is 23.2 Å². The number of aromatic nitrogens is 1. The molecule has 0 saturated carbocycles. The van der Waals surface area contributed by atoms with Gasteiger partial charge in [0.25, 0.3) is 0 Å². The Morgan fingerprint density at radius 2 is 1.86 bits per heavy atom. The van der Waals surface area contributed by atoms with E-state index in [1.807, 2.05) is 6.20 Å². The smallest absolute Gasteiger partial charge is 0.185 e. The van der Waals surface area contributed by atoms with Crippen molar-refractivity contribution in [3.05, 3.63) is 39.1 Å². The summed E-state index contributed by atoms with van der Waals surface area (Å²) in [5.74, 6) is -0.592. The van der Waals surface area contributed by atoms with Gasteiger partial charge in [-0.25, -0.2) is 9.37 Å². The van der Waals surface area contributed by atoms with E-state index < -0.39 is 5.82 Å². The summed E-state index contributed by atoms with van der Waals surface area (Å²) in [6.07, 6.45) is 1.85. The van der Waals surface area contributed by atoms with Gasteiger partial charge in [0, 0.05) is 29.9 Å². The topological polar surface area (TPSA) is 28.2 Å². The molecule has 21 heavy (non-hydrogen) atoms. The highest BCUT2D eigenvalue weighted by atomic mass is 35.5. The predicted molar refractivity (Wildman–Crippen MR) is 89.4 cm³/mol. The first-order valence-corrected chi connectivity index (χ1v) is 8.20. The zero-order valence-electron chi connectivity index (χ0n) is 11.8.